The van der Waals surface area contributed by atoms with E-state index < -0.39 is 97.5 Å². The molecule has 0 aliphatic rings. The van der Waals surface area contributed by atoms with Crippen molar-refractivity contribution in [1.82, 2.24) is 0 Å². The highest BCUT2D eigenvalue weighted by atomic mass is 31.2. The van der Waals surface area contributed by atoms with E-state index >= 15 is 0 Å². The zero-order chi connectivity index (χ0) is 71.8. The van der Waals surface area contributed by atoms with Crippen LogP contribution in [0.15, 0.2) is 0 Å². The Kier molecular flexibility index (Phi) is 71.9. The van der Waals surface area contributed by atoms with Gasteiger partial charge in [0.2, 0.25) is 0 Å². The monoisotopic (exact) mass is 1440 g/mol. The number of esters is 4. The third-order valence-electron chi connectivity index (χ3n) is 18.6. The summed E-state index contributed by atoms with van der Waals surface area (Å²) in [5.41, 5.74) is 0. The van der Waals surface area contributed by atoms with E-state index in [2.05, 4.69) is 27.7 Å². The number of carbonyl (C=O) groups is 4. The summed E-state index contributed by atoms with van der Waals surface area (Å²) in [5, 5.41) is 10.6. The average Bonchev–Trinajstić information content (AvgIpc) is 0.961. The SMILES string of the molecule is CCCCCCCCCCCCCCCCCCCCCCC(=O)O[C@H](COC(=O)CCCCCCCCCCCCCCCCCCCC)COP(=O)(O)OC[C@@H](O)COP(=O)(O)OC[C@@H](COC(=O)CCCCCCCCC)OC(=O)CCCCCCCCCCCCCCC. The average molecular weight is 1440 g/mol. The summed E-state index contributed by atoms with van der Waals surface area (Å²) in [6, 6.07) is 0. The normalized spacial score (nSPS) is 13.8. The van der Waals surface area contributed by atoms with Crippen LogP contribution < -0.4 is 0 Å². The van der Waals surface area contributed by atoms with Crippen LogP contribution in [0.25, 0.3) is 0 Å². The van der Waals surface area contributed by atoms with E-state index in [1.54, 1.807) is 0 Å². The number of rotatable bonds is 80. The molecule has 0 saturated heterocycles. The Hall–Kier alpha value is -1.94. The number of aliphatic hydroxyl groups is 1. The van der Waals surface area contributed by atoms with Gasteiger partial charge in [0.25, 0.3) is 0 Å². The summed E-state index contributed by atoms with van der Waals surface area (Å²) in [7, 11) is -9.91. The van der Waals surface area contributed by atoms with Crippen LogP contribution in [0.1, 0.15) is 426 Å². The van der Waals surface area contributed by atoms with Crippen LogP contribution in [0.3, 0.4) is 0 Å². The molecule has 0 aromatic heterocycles. The molecule has 0 aromatic carbocycles. The van der Waals surface area contributed by atoms with Crippen molar-refractivity contribution in [1.29, 1.82) is 0 Å². The molecular formula is C79H154O17P2. The molecule has 3 N–H and O–H groups in total. The fourth-order valence-electron chi connectivity index (χ4n) is 12.3. The second-order valence-electron chi connectivity index (χ2n) is 28.5. The molecule has 17 nitrogen and oxygen atoms in total. The smallest absolute Gasteiger partial charge is 0.462 e. The molecule has 19 heteroatoms. The summed E-state index contributed by atoms with van der Waals surface area (Å²) in [6.07, 6.45) is 65.4. The van der Waals surface area contributed by atoms with Gasteiger partial charge in [-0.2, -0.15) is 0 Å². The zero-order valence-corrected chi connectivity index (χ0v) is 65.6. The van der Waals surface area contributed by atoms with Crippen molar-refractivity contribution in [3.63, 3.8) is 0 Å². The van der Waals surface area contributed by atoms with Gasteiger partial charge in [-0.15, -0.1) is 0 Å². The lowest BCUT2D eigenvalue weighted by atomic mass is 10.0. The highest BCUT2D eigenvalue weighted by Gasteiger charge is 2.30. The van der Waals surface area contributed by atoms with Gasteiger partial charge in [0, 0.05) is 25.7 Å². The molecule has 0 fully saturated rings. The second kappa shape index (κ2) is 73.4. The van der Waals surface area contributed by atoms with Gasteiger partial charge in [-0.05, 0) is 25.7 Å². The Balaban J connectivity index is 5.17. The predicted octanol–water partition coefficient (Wildman–Crippen LogP) is 23.8. The van der Waals surface area contributed by atoms with Gasteiger partial charge in [-0.3, -0.25) is 37.3 Å². The number of phosphoric acid groups is 2. The van der Waals surface area contributed by atoms with Gasteiger partial charge < -0.3 is 33.8 Å². The highest BCUT2D eigenvalue weighted by Crippen LogP contribution is 2.45. The van der Waals surface area contributed by atoms with Crippen LogP contribution in [0.2, 0.25) is 0 Å². The van der Waals surface area contributed by atoms with Crippen LogP contribution in [0, 0.1) is 0 Å². The first-order valence-electron chi connectivity index (χ1n) is 41.3. The topological polar surface area (TPSA) is 237 Å². The molecule has 0 spiro atoms. The van der Waals surface area contributed by atoms with Crippen molar-refractivity contribution in [3.8, 4) is 0 Å². The molecule has 0 saturated carbocycles. The van der Waals surface area contributed by atoms with Gasteiger partial charge >= 0.3 is 39.5 Å². The lowest BCUT2D eigenvalue weighted by molar-refractivity contribution is -0.161. The summed E-state index contributed by atoms with van der Waals surface area (Å²) >= 11 is 0. The molecule has 0 aromatic rings. The molecule has 2 unspecified atom stereocenters. The Labute approximate surface area is 600 Å². The molecule has 0 bridgehead atoms. The number of phosphoric ester groups is 2. The fourth-order valence-corrected chi connectivity index (χ4v) is 13.9. The standard InChI is InChI=1S/C79H154O17P2/c1-5-9-13-17-21-24-27-30-32-34-36-37-39-41-44-47-50-54-58-62-66-79(84)96-75(70-90-77(82)64-60-56-52-48-45-43-40-38-35-33-31-28-25-22-18-14-10-6-2)72-94-98(87,88)92-68-73(80)67-91-97(85,86)93-71-74(69-89-76(81)63-59-55-51-20-16-12-8-4)95-78(83)65-61-57-53-49-46-42-29-26-23-19-15-11-7-3/h73-75,80H,5-72H2,1-4H3,(H,85,86)(H,87,88)/t73-,74+,75+/m0/s1. The molecule has 582 valence electrons. The molecule has 0 aliphatic carbocycles. The molecule has 0 radical (unpaired) electrons. The van der Waals surface area contributed by atoms with Crippen LogP contribution in [0.4, 0.5) is 0 Å². The summed E-state index contributed by atoms with van der Waals surface area (Å²) in [6.45, 7) is 4.97. The van der Waals surface area contributed by atoms with E-state index in [-0.39, 0.29) is 25.7 Å². The first kappa shape index (κ1) is 96.1. The Bertz CT molecular complexity index is 1860. The maximum atomic E-state index is 13.1. The van der Waals surface area contributed by atoms with E-state index in [4.69, 9.17) is 37.0 Å². The number of hydrogen-bond donors (Lipinski definition) is 3. The van der Waals surface area contributed by atoms with Crippen molar-refractivity contribution in [2.24, 2.45) is 0 Å². The third-order valence-corrected chi connectivity index (χ3v) is 20.5. The lowest BCUT2D eigenvalue weighted by Gasteiger charge is -2.21. The van der Waals surface area contributed by atoms with Crippen molar-refractivity contribution in [3.05, 3.63) is 0 Å². The van der Waals surface area contributed by atoms with Crippen LogP contribution in [-0.2, 0) is 65.4 Å². The third kappa shape index (κ3) is 72.4. The van der Waals surface area contributed by atoms with E-state index in [9.17, 15) is 43.2 Å². The molecule has 0 rings (SSSR count). The van der Waals surface area contributed by atoms with Crippen molar-refractivity contribution in [2.45, 2.75) is 444 Å². The Morgan fingerprint density at radius 1 is 0.245 bits per heavy atom. The molecule has 5 atom stereocenters. The van der Waals surface area contributed by atoms with E-state index in [1.807, 2.05) is 0 Å². The predicted molar refractivity (Wildman–Crippen MR) is 400 cm³/mol. The van der Waals surface area contributed by atoms with E-state index in [0.29, 0.717) is 25.7 Å². The number of ether oxygens (including phenoxy) is 4. The van der Waals surface area contributed by atoms with Gasteiger partial charge in [-0.1, -0.05) is 374 Å². The number of hydrogen-bond acceptors (Lipinski definition) is 15. The Morgan fingerprint density at radius 3 is 0.602 bits per heavy atom. The van der Waals surface area contributed by atoms with Crippen molar-refractivity contribution < 1.29 is 80.2 Å². The van der Waals surface area contributed by atoms with Crippen molar-refractivity contribution in [2.75, 3.05) is 39.6 Å². The molecule has 0 amide bonds. The summed E-state index contributed by atoms with van der Waals surface area (Å²) in [5.74, 6) is -2.11. The van der Waals surface area contributed by atoms with Gasteiger partial charge in [-0.25, -0.2) is 9.13 Å². The maximum absolute atomic E-state index is 13.1. The van der Waals surface area contributed by atoms with Crippen LogP contribution in [-0.4, -0.2) is 96.7 Å². The molecule has 98 heavy (non-hydrogen) atoms. The first-order valence-corrected chi connectivity index (χ1v) is 44.3. The minimum Gasteiger partial charge on any atom is -0.462 e. The zero-order valence-electron chi connectivity index (χ0n) is 63.8. The number of aliphatic hydroxyl groups excluding tert-OH is 1. The number of carbonyl (C=O) groups excluding carboxylic acids is 4. The largest absolute Gasteiger partial charge is 0.472 e. The van der Waals surface area contributed by atoms with E-state index in [0.717, 1.165) is 103 Å². The molecular weight excluding hydrogens is 1280 g/mol. The summed E-state index contributed by atoms with van der Waals surface area (Å²) < 4.78 is 68.5. The van der Waals surface area contributed by atoms with Crippen LogP contribution in [0.5, 0.6) is 0 Å². The van der Waals surface area contributed by atoms with Gasteiger partial charge in [0.1, 0.15) is 19.3 Å². The highest BCUT2D eigenvalue weighted by molar-refractivity contribution is 7.47. The molecule has 0 aliphatic heterocycles. The van der Waals surface area contributed by atoms with Crippen LogP contribution >= 0.6 is 15.6 Å². The van der Waals surface area contributed by atoms with E-state index in [1.165, 1.54) is 244 Å². The van der Waals surface area contributed by atoms with Gasteiger partial charge in [0.15, 0.2) is 12.2 Å². The van der Waals surface area contributed by atoms with Gasteiger partial charge in [0.05, 0.1) is 26.4 Å². The molecule has 0 heterocycles. The lowest BCUT2D eigenvalue weighted by Crippen LogP contribution is -2.30. The fraction of sp³-hybridized carbons (Fsp3) is 0.949. The minimum absolute atomic E-state index is 0.108. The number of unbranched alkanes of at least 4 members (excludes halogenated alkanes) is 54. The first-order chi connectivity index (χ1) is 47.7. The minimum atomic E-state index is -4.96. The maximum Gasteiger partial charge on any atom is 0.472 e. The van der Waals surface area contributed by atoms with Crippen molar-refractivity contribution >= 4 is 39.5 Å². The quantitative estimate of drug-likeness (QED) is 0.0222. The second-order valence-corrected chi connectivity index (χ2v) is 31.4. The summed E-state index contributed by atoms with van der Waals surface area (Å²) in [4.78, 5) is 72.8. The Morgan fingerprint density at radius 2 is 0.408 bits per heavy atom.